The van der Waals surface area contributed by atoms with Crippen molar-refractivity contribution >= 4 is 22.8 Å². The number of hydrogen-bond donors (Lipinski definition) is 3. The second-order valence-electron chi connectivity index (χ2n) is 5.87. The summed E-state index contributed by atoms with van der Waals surface area (Å²) in [6.45, 7) is 2.69. The van der Waals surface area contributed by atoms with E-state index in [0.29, 0.717) is 12.2 Å². The number of carboxylic acids is 1. The van der Waals surface area contributed by atoms with Gasteiger partial charge in [0.15, 0.2) is 5.69 Å². The number of fused-ring (bicyclic) bond motifs is 1. The third kappa shape index (κ3) is 3.19. The number of nitrogens with zero attached hydrogens (tertiary/aromatic N) is 2. The van der Waals surface area contributed by atoms with Crippen LogP contribution in [-0.2, 0) is 4.79 Å². The van der Waals surface area contributed by atoms with E-state index < -0.39 is 5.97 Å². The minimum atomic E-state index is -0.817. The third-order valence-electron chi connectivity index (χ3n) is 4.39. The van der Waals surface area contributed by atoms with E-state index in [1.165, 1.54) is 0 Å². The normalized spacial score (nSPS) is 20.4. The highest BCUT2D eigenvalue weighted by Crippen LogP contribution is 2.26. The Hall–Kier alpha value is -2.41. The number of hydrogen-bond acceptors (Lipinski definition) is 4. The summed E-state index contributed by atoms with van der Waals surface area (Å²) in [6, 6.07) is 7.80. The average molecular weight is 316 g/mol. The van der Waals surface area contributed by atoms with E-state index in [4.69, 9.17) is 5.11 Å². The summed E-state index contributed by atoms with van der Waals surface area (Å²) >= 11 is 0. The van der Waals surface area contributed by atoms with Crippen LogP contribution in [0.1, 0.15) is 30.3 Å². The van der Waals surface area contributed by atoms with Gasteiger partial charge in [0.05, 0.1) is 12.1 Å². The predicted octanol–water partition coefficient (Wildman–Crippen LogP) is 1.23. The molecular weight excluding hydrogens is 296 g/mol. The summed E-state index contributed by atoms with van der Waals surface area (Å²) in [5, 5.41) is 19.6. The molecule has 1 aromatic heterocycles. The van der Waals surface area contributed by atoms with Crippen LogP contribution < -0.4 is 5.32 Å². The lowest BCUT2D eigenvalue weighted by atomic mass is 9.85. The van der Waals surface area contributed by atoms with Crippen LogP contribution in [0.15, 0.2) is 24.3 Å². The van der Waals surface area contributed by atoms with Crippen molar-refractivity contribution in [2.24, 2.45) is 0 Å². The van der Waals surface area contributed by atoms with Crippen molar-refractivity contribution in [1.29, 1.82) is 0 Å². The summed E-state index contributed by atoms with van der Waals surface area (Å²) in [5.41, 5.74) is 1.24. The molecule has 1 aromatic carbocycles. The van der Waals surface area contributed by atoms with Crippen molar-refractivity contribution in [3.63, 3.8) is 0 Å². The highest BCUT2D eigenvalue weighted by atomic mass is 16.4. The minimum Gasteiger partial charge on any atom is -0.480 e. The molecule has 7 heteroatoms. The van der Waals surface area contributed by atoms with Gasteiger partial charge in [-0.25, -0.2) is 0 Å². The molecule has 122 valence electrons. The SMILES string of the molecule is CCN(CC(=O)O)C1CC(NC(=O)c2n[nH]c3ccccc23)C1. The number of likely N-dealkylation sites (N-methyl/N-ethyl adjacent to an activating group) is 1. The van der Waals surface area contributed by atoms with Gasteiger partial charge in [0.25, 0.3) is 5.91 Å². The molecule has 1 aliphatic rings. The Morgan fingerprint density at radius 1 is 1.39 bits per heavy atom. The number of para-hydroxylation sites is 1. The van der Waals surface area contributed by atoms with Crippen LogP contribution in [0.3, 0.4) is 0 Å². The number of aromatic amines is 1. The number of aliphatic carboxylic acids is 1. The van der Waals surface area contributed by atoms with Crippen LogP contribution in [0.5, 0.6) is 0 Å². The maximum absolute atomic E-state index is 12.3. The zero-order chi connectivity index (χ0) is 16.4. The van der Waals surface area contributed by atoms with E-state index in [1.807, 2.05) is 36.1 Å². The molecule has 3 N–H and O–H groups in total. The number of amides is 1. The van der Waals surface area contributed by atoms with E-state index >= 15 is 0 Å². The van der Waals surface area contributed by atoms with Crippen LogP contribution >= 0.6 is 0 Å². The van der Waals surface area contributed by atoms with Crippen molar-refractivity contribution in [1.82, 2.24) is 20.4 Å². The molecule has 7 nitrogen and oxygen atoms in total. The standard InChI is InChI=1S/C16H20N4O3/c1-2-20(9-14(21)22)11-7-10(8-11)17-16(23)15-12-5-3-4-6-13(12)18-19-15/h3-6,10-11H,2,7-9H2,1H3,(H,17,23)(H,18,19)(H,21,22). The zero-order valence-corrected chi connectivity index (χ0v) is 13.0. The molecule has 1 fully saturated rings. The summed E-state index contributed by atoms with van der Waals surface area (Å²) in [7, 11) is 0. The molecule has 1 heterocycles. The molecule has 0 aliphatic heterocycles. The molecule has 23 heavy (non-hydrogen) atoms. The second-order valence-corrected chi connectivity index (χ2v) is 5.87. The van der Waals surface area contributed by atoms with Crippen LogP contribution in [0.2, 0.25) is 0 Å². The van der Waals surface area contributed by atoms with Crippen LogP contribution in [0, 0.1) is 0 Å². The number of H-pyrrole nitrogens is 1. The molecule has 2 aromatic rings. The molecule has 0 radical (unpaired) electrons. The first-order chi connectivity index (χ1) is 11.1. The zero-order valence-electron chi connectivity index (χ0n) is 13.0. The Labute approximate surface area is 133 Å². The van der Waals surface area contributed by atoms with Gasteiger partial charge < -0.3 is 10.4 Å². The van der Waals surface area contributed by atoms with Crippen molar-refractivity contribution in [3.05, 3.63) is 30.0 Å². The van der Waals surface area contributed by atoms with Crippen LogP contribution in [0.25, 0.3) is 10.9 Å². The van der Waals surface area contributed by atoms with Gasteiger partial charge in [-0.15, -0.1) is 0 Å². The molecule has 0 spiro atoms. The number of aromatic nitrogens is 2. The maximum Gasteiger partial charge on any atom is 0.317 e. The molecule has 3 rings (SSSR count). The Morgan fingerprint density at radius 2 is 2.13 bits per heavy atom. The molecule has 0 unspecified atom stereocenters. The van der Waals surface area contributed by atoms with E-state index in [1.54, 1.807) is 0 Å². The Kier molecular flexibility index (Phi) is 4.29. The molecule has 0 saturated heterocycles. The molecule has 0 atom stereocenters. The Balaban J connectivity index is 1.57. The lowest BCUT2D eigenvalue weighted by molar-refractivity contribution is -0.139. The van der Waals surface area contributed by atoms with Gasteiger partial charge in [0, 0.05) is 17.5 Å². The maximum atomic E-state index is 12.3. The molecule has 1 amide bonds. The molecule has 1 aliphatic carbocycles. The number of nitrogens with one attached hydrogen (secondary N) is 2. The first kappa shape index (κ1) is 15.5. The largest absolute Gasteiger partial charge is 0.480 e. The Morgan fingerprint density at radius 3 is 2.83 bits per heavy atom. The third-order valence-corrected chi connectivity index (χ3v) is 4.39. The highest BCUT2D eigenvalue weighted by Gasteiger charge is 2.35. The van der Waals surface area contributed by atoms with Crippen LogP contribution in [-0.4, -0.2) is 57.3 Å². The number of carboxylic acid groups (broad SMARTS) is 1. The van der Waals surface area contributed by atoms with Gasteiger partial charge in [-0.1, -0.05) is 25.1 Å². The van der Waals surface area contributed by atoms with E-state index in [0.717, 1.165) is 23.7 Å². The van der Waals surface area contributed by atoms with Crippen molar-refractivity contribution in [3.8, 4) is 0 Å². The van der Waals surface area contributed by atoms with Gasteiger partial charge in [0.2, 0.25) is 0 Å². The first-order valence-corrected chi connectivity index (χ1v) is 7.78. The fourth-order valence-electron chi connectivity index (χ4n) is 3.07. The smallest absolute Gasteiger partial charge is 0.317 e. The molecular formula is C16H20N4O3. The van der Waals surface area contributed by atoms with Gasteiger partial charge in [0.1, 0.15) is 0 Å². The topological polar surface area (TPSA) is 98.3 Å². The summed E-state index contributed by atoms with van der Waals surface area (Å²) in [4.78, 5) is 25.1. The van der Waals surface area contributed by atoms with E-state index in [9.17, 15) is 9.59 Å². The number of carbonyl (C=O) groups excluding carboxylic acids is 1. The van der Waals surface area contributed by atoms with Gasteiger partial charge in [-0.05, 0) is 25.5 Å². The lowest BCUT2D eigenvalue weighted by Crippen LogP contribution is -2.54. The quantitative estimate of drug-likeness (QED) is 0.744. The monoisotopic (exact) mass is 316 g/mol. The summed E-state index contributed by atoms with van der Waals surface area (Å²) in [5.74, 6) is -1.01. The van der Waals surface area contributed by atoms with Gasteiger partial charge >= 0.3 is 5.97 Å². The van der Waals surface area contributed by atoms with Gasteiger partial charge in [-0.3, -0.25) is 19.6 Å². The number of carbonyl (C=O) groups is 2. The first-order valence-electron chi connectivity index (χ1n) is 7.78. The van der Waals surface area contributed by atoms with Crippen molar-refractivity contribution in [2.45, 2.75) is 31.8 Å². The van der Waals surface area contributed by atoms with Crippen molar-refractivity contribution < 1.29 is 14.7 Å². The fraction of sp³-hybridized carbons (Fsp3) is 0.438. The fourth-order valence-corrected chi connectivity index (χ4v) is 3.07. The van der Waals surface area contributed by atoms with Gasteiger partial charge in [-0.2, -0.15) is 5.10 Å². The minimum absolute atomic E-state index is 0.0475. The second kappa shape index (κ2) is 6.37. The molecule has 1 saturated carbocycles. The van der Waals surface area contributed by atoms with Crippen molar-refractivity contribution in [2.75, 3.05) is 13.1 Å². The average Bonchev–Trinajstić information content (AvgIpc) is 2.92. The predicted molar refractivity (Wildman–Crippen MR) is 85.3 cm³/mol. The number of rotatable bonds is 6. The highest BCUT2D eigenvalue weighted by molar-refractivity contribution is 6.04. The number of benzene rings is 1. The molecule has 0 bridgehead atoms. The van der Waals surface area contributed by atoms with E-state index in [-0.39, 0.29) is 24.5 Å². The lowest BCUT2D eigenvalue weighted by Gasteiger charge is -2.42. The van der Waals surface area contributed by atoms with E-state index in [2.05, 4.69) is 15.5 Å². The Bertz CT molecular complexity index is 721. The van der Waals surface area contributed by atoms with Crippen LogP contribution in [0.4, 0.5) is 0 Å². The summed E-state index contributed by atoms with van der Waals surface area (Å²) in [6.07, 6.45) is 1.55. The summed E-state index contributed by atoms with van der Waals surface area (Å²) < 4.78 is 0.